The maximum absolute atomic E-state index is 13.1. The number of phenolic OH excluding ortho intramolecular Hbond substituents is 1. The highest BCUT2D eigenvalue weighted by Crippen LogP contribution is 2.41. The van der Waals surface area contributed by atoms with Crippen molar-refractivity contribution in [3.05, 3.63) is 81.8 Å². The Morgan fingerprint density at radius 3 is 2.41 bits per heavy atom. The topological polar surface area (TPSA) is 138 Å². The molecule has 4 aromatic rings. The van der Waals surface area contributed by atoms with Crippen molar-refractivity contribution in [3.8, 4) is 11.5 Å². The van der Waals surface area contributed by atoms with Gasteiger partial charge in [-0.3, -0.25) is 9.35 Å². The number of aryl methyl sites for hydroxylation is 1. The second-order valence-corrected chi connectivity index (χ2v) is 10.1. The smallest absolute Gasteiger partial charge is 0.296 e. The lowest BCUT2D eigenvalue weighted by Crippen LogP contribution is -2.12. The number of hydrogen-bond donors (Lipinski definition) is 3. The molecule has 9 nitrogen and oxygen atoms in total. The van der Waals surface area contributed by atoms with Gasteiger partial charge in [0.05, 0.1) is 17.7 Å². The zero-order valence-corrected chi connectivity index (χ0v) is 21.7. The van der Waals surface area contributed by atoms with Gasteiger partial charge in [0.1, 0.15) is 22.0 Å². The van der Waals surface area contributed by atoms with E-state index in [0.717, 1.165) is 6.07 Å². The molecule has 0 fully saturated rings. The number of benzene rings is 4. The molecule has 0 saturated heterocycles. The molecule has 0 aliphatic heterocycles. The predicted molar refractivity (Wildman–Crippen MR) is 142 cm³/mol. The summed E-state index contributed by atoms with van der Waals surface area (Å²) in [4.78, 5) is 12.6. The van der Waals surface area contributed by atoms with Gasteiger partial charge >= 0.3 is 0 Å². The molecule has 0 aliphatic rings. The summed E-state index contributed by atoms with van der Waals surface area (Å²) in [5.41, 5.74) is 0.312. The minimum Gasteiger partial charge on any atom is -0.505 e. The van der Waals surface area contributed by atoms with Crippen molar-refractivity contribution in [2.75, 3.05) is 12.4 Å². The molecular formula is C25H19Cl2N3O6S. The number of nitrogens with one attached hydrogen (secondary N) is 1. The number of carbonyl (C=O) groups is 1. The number of hydrogen-bond acceptors (Lipinski definition) is 7. The number of rotatable bonds is 6. The third-order valence-corrected chi connectivity index (χ3v) is 7.01. The predicted octanol–water partition coefficient (Wildman–Crippen LogP) is 7.08. The maximum Gasteiger partial charge on any atom is 0.296 e. The van der Waals surface area contributed by atoms with Crippen LogP contribution in [0.5, 0.6) is 11.5 Å². The molecule has 37 heavy (non-hydrogen) atoms. The fraction of sp³-hybridized carbons (Fsp3) is 0.0800. The number of anilines is 1. The first-order valence-electron chi connectivity index (χ1n) is 10.6. The summed E-state index contributed by atoms with van der Waals surface area (Å²) in [6.45, 7) is 1.56. The van der Waals surface area contributed by atoms with Crippen LogP contribution in [0.4, 0.5) is 17.1 Å². The van der Waals surface area contributed by atoms with Gasteiger partial charge in [-0.25, -0.2) is 0 Å². The van der Waals surface area contributed by atoms with Crippen LogP contribution >= 0.6 is 23.2 Å². The van der Waals surface area contributed by atoms with Crippen molar-refractivity contribution < 1.29 is 27.6 Å². The minimum absolute atomic E-state index is 0.0889. The van der Waals surface area contributed by atoms with Crippen molar-refractivity contribution in [3.63, 3.8) is 0 Å². The molecule has 0 aromatic heterocycles. The summed E-state index contributed by atoms with van der Waals surface area (Å²) < 4.78 is 38.5. The van der Waals surface area contributed by atoms with Gasteiger partial charge in [-0.15, -0.1) is 10.2 Å². The highest BCUT2D eigenvalue weighted by atomic mass is 35.5. The number of nitrogens with zero attached hydrogens (tertiary/aromatic N) is 2. The van der Waals surface area contributed by atoms with Gasteiger partial charge in [-0.1, -0.05) is 47.5 Å². The molecule has 1 amide bonds. The van der Waals surface area contributed by atoms with Gasteiger partial charge in [0.2, 0.25) is 0 Å². The molecule has 4 rings (SSSR count). The second kappa shape index (κ2) is 10.3. The number of carbonyl (C=O) groups excluding carboxylic acids is 1. The zero-order valence-electron chi connectivity index (χ0n) is 19.4. The molecular weight excluding hydrogens is 541 g/mol. The average Bonchev–Trinajstić information content (AvgIpc) is 2.84. The fourth-order valence-electron chi connectivity index (χ4n) is 3.57. The molecule has 0 unspecified atom stereocenters. The normalized spacial score (nSPS) is 11.7. The number of methoxy groups -OCH3 is 1. The largest absolute Gasteiger partial charge is 0.505 e. The van der Waals surface area contributed by atoms with Gasteiger partial charge < -0.3 is 15.2 Å². The first-order valence-corrected chi connectivity index (χ1v) is 12.8. The minimum atomic E-state index is -4.65. The molecule has 0 spiro atoms. The second-order valence-electron chi connectivity index (χ2n) is 7.89. The summed E-state index contributed by atoms with van der Waals surface area (Å²) in [6.07, 6.45) is 0. The Kier molecular flexibility index (Phi) is 7.37. The van der Waals surface area contributed by atoms with E-state index in [1.165, 1.54) is 25.3 Å². The number of amides is 1. The van der Waals surface area contributed by atoms with Crippen molar-refractivity contribution >= 4 is 67.1 Å². The Morgan fingerprint density at radius 1 is 1.00 bits per heavy atom. The van der Waals surface area contributed by atoms with E-state index in [1.807, 2.05) is 0 Å². The van der Waals surface area contributed by atoms with E-state index in [-0.39, 0.29) is 27.0 Å². The summed E-state index contributed by atoms with van der Waals surface area (Å²) in [6, 6.07) is 15.3. The van der Waals surface area contributed by atoms with E-state index in [1.54, 1.807) is 43.3 Å². The number of fused-ring (bicyclic) bond motifs is 1. The third kappa shape index (κ3) is 5.52. The molecule has 4 aromatic carbocycles. The van der Waals surface area contributed by atoms with Gasteiger partial charge in [0.15, 0.2) is 5.75 Å². The first kappa shape index (κ1) is 26.4. The van der Waals surface area contributed by atoms with E-state index in [9.17, 15) is 22.9 Å². The van der Waals surface area contributed by atoms with E-state index in [2.05, 4.69) is 15.5 Å². The Balaban J connectivity index is 1.81. The highest BCUT2D eigenvalue weighted by Gasteiger charge is 2.21. The van der Waals surface area contributed by atoms with Gasteiger partial charge in [-0.05, 0) is 54.3 Å². The van der Waals surface area contributed by atoms with E-state index in [4.69, 9.17) is 27.9 Å². The number of azo groups is 1. The standard InChI is InChI=1S/C25H19Cl2N3O6S/c1-13-9-22(37(33,34)35)20(12-18(13)26)29-30-23-16-6-4-3-5-14(16)10-17(24(23)31)25(32)28-15-7-8-21(36-2)19(27)11-15/h3-12,31H,1-2H3,(H,28,32)(H,33,34,35). The summed E-state index contributed by atoms with van der Waals surface area (Å²) in [7, 11) is -3.19. The molecule has 12 heteroatoms. The molecule has 3 N–H and O–H groups in total. The van der Waals surface area contributed by atoms with Crippen molar-refractivity contribution in [2.45, 2.75) is 11.8 Å². The van der Waals surface area contributed by atoms with Crippen LogP contribution < -0.4 is 10.1 Å². The summed E-state index contributed by atoms with van der Waals surface area (Å²) in [5.74, 6) is -0.722. The average molecular weight is 560 g/mol. The number of aromatic hydroxyl groups is 1. The lowest BCUT2D eigenvalue weighted by Gasteiger charge is -2.12. The number of phenols is 1. The van der Waals surface area contributed by atoms with Gasteiger partial charge in [0, 0.05) is 16.1 Å². The summed E-state index contributed by atoms with van der Waals surface area (Å²) in [5, 5.41) is 23.2. The Labute approximate surface area is 222 Å². The Hall–Kier alpha value is -3.70. The molecule has 0 heterocycles. The number of ether oxygens (including phenoxy) is 1. The maximum atomic E-state index is 13.1. The molecule has 0 aliphatic carbocycles. The number of halogens is 2. The van der Waals surface area contributed by atoms with Crippen LogP contribution in [0, 0.1) is 6.92 Å². The van der Waals surface area contributed by atoms with Crippen LogP contribution in [-0.2, 0) is 10.1 Å². The zero-order chi connectivity index (χ0) is 26.9. The van der Waals surface area contributed by atoms with Gasteiger partial charge in [-0.2, -0.15) is 8.42 Å². The molecule has 0 radical (unpaired) electrons. The van der Waals surface area contributed by atoms with Crippen molar-refractivity contribution in [2.24, 2.45) is 10.2 Å². The Morgan fingerprint density at radius 2 is 1.73 bits per heavy atom. The fourth-order valence-corrected chi connectivity index (χ4v) is 4.67. The first-order chi connectivity index (χ1) is 17.5. The highest BCUT2D eigenvalue weighted by molar-refractivity contribution is 7.86. The summed E-state index contributed by atoms with van der Waals surface area (Å²) >= 11 is 12.3. The SMILES string of the molecule is COc1ccc(NC(=O)c2cc3ccccc3c(N=Nc3cc(Cl)c(C)cc3S(=O)(=O)O)c2O)cc1Cl. The van der Waals surface area contributed by atoms with Crippen LogP contribution in [0.25, 0.3) is 10.8 Å². The monoisotopic (exact) mass is 559 g/mol. The van der Waals surface area contributed by atoms with Crippen molar-refractivity contribution in [1.29, 1.82) is 0 Å². The van der Waals surface area contributed by atoms with E-state index >= 15 is 0 Å². The van der Waals surface area contributed by atoms with Crippen LogP contribution in [-0.4, -0.2) is 31.1 Å². The van der Waals surface area contributed by atoms with Crippen molar-refractivity contribution in [1.82, 2.24) is 0 Å². The van der Waals surface area contributed by atoms with Crippen LogP contribution in [0.15, 0.2) is 75.8 Å². The molecule has 190 valence electrons. The molecule has 0 saturated carbocycles. The van der Waals surface area contributed by atoms with Gasteiger partial charge in [0.25, 0.3) is 16.0 Å². The lowest BCUT2D eigenvalue weighted by atomic mass is 10.0. The van der Waals surface area contributed by atoms with Crippen LogP contribution in [0.2, 0.25) is 10.0 Å². The van der Waals surface area contributed by atoms with Crippen LogP contribution in [0.3, 0.4) is 0 Å². The molecule has 0 bridgehead atoms. The van der Waals surface area contributed by atoms with Crippen LogP contribution in [0.1, 0.15) is 15.9 Å². The van der Waals surface area contributed by atoms with E-state index in [0.29, 0.717) is 27.8 Å². The lowest BCUT2D eigenvalue weighted by molar-refractivity contribution is 0.102. The van der Waals surface area contributed by atoms with E-state index < -0.39 is 26.7 Å². The molecule has 0 atom stereocenters. The quantitative estimate of drug-likeness (QED) is 0.170. The Bertz CT molecular complexity index is 1690. The third-order valence-electron chi connectivity index (χ3n) is 5.43.